The Morgan fingerprint density at radius 2 is 1.88 bits per heavy atom. The van der Waals surface area contributed by atoms with Crippen LogP contribution in [-0.2, 0) is 9.59 Å². The van der Waals surface area contributed by atoms with Gasteiger partial charge in [0.15, 0.2) is 11.0 Å². The van der Waals surface area contributed by atoms with Gasteiger partial charge < -0.3 is 10.4 Å². The van der Waals surface area contributed by atoms with Crippen LogP contribution in [0.4, 0.5) is 11.4 Å². The highest BCUT2D eigenvalue weighted by Gasteiger charge is 2.38. The molecule has 24 heavy (non-hydrogen) atoms. The molecule has 0 saturated carbocycles. The molecule has 2 amide bonds. The molecule has 0 spiro atoms. The fourth-order valence-electron chi connectivity index (χ4n) is 2.28. The van der Waals surface area contributed by atoms with E-state index in [1.807, 2.05) is 6.07 Å². The van der Waals surface area contributed by atoms with Crippen LogP contribution in [-0.4, -0.2) is 28.2 Å². The lowest BCUT2D eigenvalue weighted by Gasteiger charge is -2.30. The van der Waals surface area contributed by atoms with E-state index in [9.17, 15) is 14.7 Å². The van der Waals surface area contributed by atoms with E-state index in [1.54, 1.807) is 36.4 Å². The second-order valence-electron chi connectivity index (χ2n) is 5.08. The lowest BCUT2D eigenvalue weighted by atomic mass is 10.1. The number of hydrogen-bond acceptors (Lipinski definition) is 5. The van der Waals surface area contributed by atoms with E-state index >= 15 is 0 Å². The van der Waals surface area contributed by atoms with Crippen molar-refractivity contribution in [3.8, 4) is 5.75 Å². The first-order valence-corrected chi connectivity index (χ1v) is 7.54. The van der Waals surface area contributed by atoms with Crippen LogP contribution in [0.1, 0.15) is 0 Å². The van der Waals surface area contributed by atoms with Crippen molar-refractivity contribution in [1.29, 1.82) is 0 Å². The molecule has 0 aromatic heterocycles. The monoisotopic (exact) mass is 339 g/mol. The third-order valence-electron chi connectivity index (χ3n) is 3.42. The molecule has 0 aliphatic carbocycles. The molecule has 0 radical (unpaired) electrons. The number of aliphatic imine (C=N–C) groups is 1. The summed E-state index contributed by atoms with van der Waals surface area (Å²) < 4.78 is 0. The smallest absolute Gasteiger partial charge is 0.251 e. The Hall–Kier alpha value is -3.06. The summed E-state index contributed by atoms with van der Waals surface area (Å²) in [5.74, 6) is -2.05. The molecule has 0 unspecified atom stereocenters. The predicted molar refractivity (Wildman–Crippen MR) is 94.4 cm³/mol. The summed E-state index contributed by atoms with van der Waals surface area (Å²) in [6, 6.07) is 15.0. The summed E-state index contributed by atoms with van der Waals surface area (Å²) in [5.41, 5.74) is 1.01. The van der Waals surface area contributed by atoms with Crippen LogP contribution in [0.2, 0.25) is 0 Å². The van der Waals surface area contributed by atoms with Gasteiger partial charge in [-0.25, -0.2) is 0 Å². The molecular weight excluding hydrogens is 326 g/mol. The lowest BCUT2D eigenvalue weighted by Crippen LogP contribution is -2.58. The van der Waals surface area contributed by atoms with Crippen LogP contribution in [0.5, 0.6) is 5.75 Å². The van der Waals surface area contributed by atoms with Crippen LogP contribution in [0.3, 0.4) is 0 Å². The van der Waals surface area contributed by atoms with Gasteiger partial charge in [-0.05, 0) is 36.5 Å². The quantitative estimate of drug-likeness (QED) is 0.510. The highest BCUT2D eigenvalue weighted by molar-refractivity contribution is 7.80. The van der Waals surface area contributed by atoms with Crippen molar-refractivity contribution >= 4 is 46.7 Å². The van der Waals surface area contributed by atoms with Crippen molar-refractivity contribution in [1.82, 2.24) is 5.32 Å². The van der Waals surface area contributed by atoms with Crippen molar-refractivity contribution in [2.75, 3.05) is 4.90 Å². The molecule has 2 N–H and O–H groups in total. The maximum atomic E-state index is 12.7. The molecule has 7 heteroatoms. The average molecular weight is 339 g/mol. The number of nitrogens with one attached hydrogen (secondary N) is 1. The van der Waals surface area contributed by atoms with E-state index in [0.29, 0.717) is 11.4 Å². The average Bonchev–Trinajstić information content (AvgIpc) is 2.55. The number of benzene rings is 2. The van der Waals surface area contributed by atoms with Gasteiger partial charge in [0, 0.05) is 12.3 Å². The van der Waals surface area contributed by atoms with Gasteiger partial charge in [-0.1, -0.05) is 24.3 Å². The zero-order valence-corrected chi connectivity index (χ0v) is 13.2. The Morgan fingerprint density at radius 3 is 2.58 bits per heavy atom. The number of carbonyl (C=O) groups is 2. The Kier molecular flexibility index (Phi) is 4.35. The van der Waals surface area contributed by atoms with Crippen LogP contribution >= 0.6 is 12.2 Å². The molecule has 2 aromatic rings. The number of aromatic hydroxyl groups is 1. The van der Waals surface area contributed by atoms with E-state index in [1.165, 1.54) is 23.2 Å². The van der Waals surface area contributed by atoms with Gasteiger partial charge in [0.1, 0.15) is 5.75 Å². The highest BCUT2D eigenvalue weighted by atomic mass is 32.1. The van der Waals surface area contributed by atoms with Crippen molar-refractivity contribution in [3.63, 3.8) is 0 Å². The van der Waals surface area contributed by atoms with Crippen LogP contribution in [0.25, 0.3) is 0 Å². The number of nitrogens with zero attached hydrogens (tertiary/aromatic N) is 2. The van der Waals surface area contributed by atoms with Crippen LogP contribution in [0, 0.1) is 5.92 Å². The molecule has 120 valence electrons. The van der Waals surface area contributed by atoms with Crippen molar-refractivity contribution in [2.45, 2.75) is 0 Å². The van der Waals surface area contributed by atoms with E-state index < -0.39 is 17.7 Å². The number of amides is 2. The molecule has 1 fully saturated rings. The Morgan fingerprint density at radius 1 is 1.12 bits per heavy atom. The zero-order valence-electron chi connectivity index (χ0n) is 12.4. The van der Waals surface area contributed by atoms with E-state index in [0.717, 1.165) is 0 Å². The number of phenols is 1. The number of anilines is 1. The third-order valence-corrected chi connectivity index (χ3v) is 3.70. The van der Waals surface area contributed by atoms with Gasteiger partial charge >= 0.3 is 0 Å². The number of para-hydroxylation sites is 1. The standard InChI is InChI=1S/C17H13N3O3S/c21-13-8-4-5-11(9-13)18-10-14-15(22)19-17(24)20(16(14)23)12-6-2-1-3-7-12/h1-10,14,21H,(H,19,22,24)/t14-/m0/s1. The fourth-order valence-corrected chi connectivity index (χ4v) is 2.57. The molecule has 1 saturated heterocycles. The van der Waals surface area contributed by atoms with E-state index in [2.05, 4.69) is 10.3 Å². The molecule has 1 atom stereocenters. The van der Waals surface area contributed by atoms with Gasteiger partial charge in [0.2, 0.25) is 5.91 Å². The fraction of sp³-hybridized carbons (Fsp3) is 0.0588. The summed E-state index contributed by atoms with van der Waals surface area (Å²) >= 11 is 5.11. The summed E-state index contributed by atoms with van der Waals surface area (Å²) in [4.78, 5) is 30.1. The van der Waals surface area contributed by atoms with Crippen molar-refractivity contribution in [3.05, 3.63) is 54.6 Å². The summed E-state index contributed by atoms with van der Waals surface area (Å²) in [5, 5.41) is 12.0. The van der Waals surface area contributed by atoms with Gasteiger partial charge in [-0.2, -0.15) is 0 Å². The van der Waals surface area contributed by atoms with Gasteiger partial charge in [0.25, 0.3) is 5.91 Å². The van der Waals surface area contributed by atoms with Gasteiger partial charge in [0.05, 0.1) is 11.4 Å². The maximum absolute atomic E-state index is 12.7. The number of carbonyl (C=O) groups excluding carboxylic acids is 2. The molecule has 1 heterocycles. The molecule has 0 bridgehead atoms. The third kappa shape index (κ3) is 3.16. The molecule has 3 rings (SSSR count). The second kappa shape index (κ2) is 6.59. The first kappa shape index (κ1) is 15.8. The Labute approximate surface area is 143 Å². The molecule has 1 aliphatic rings. The zero-order chi connectivity index (χ0) is 17.1. The largest absolute Gasteiger partial charge is 0.508 e. The minimum absolute atomic E-state index is 0.0400. The van der Waals surface area contributed by atoms with Crippen LogP contribution < -0.4 is 10.2 Å². The maximum Gasteiger partial charge on any atom is 0.251 e. The van der Waals surface area contributed by atoms with E-state index in [-0.39, 0.29) is 10.9 Å². The topological polar surface area (TPSA) is 82.0 Å². The summed E-state index contributed by atoms with van der Waals surface area (Å²) in [6.07, 6.45) is 1.25. The minimum Gasteiger partial charge on any atom is -0.508 e. The number of thiocarbonyl (C=S) groups is 1. The van der Waals surface area contributed by atoms with Gasteiger partial charge in [-0.3, -0.25) is 19.5 Å². The van der Waals surface area contributed by atoms with Gasteiger partial charge in [-0.15, -0.1) is 0 Å². The predicted octanol–water partition coefficient (Wildman–Crippen LogP) is 2.16. The first-order valence-electron chi connectivity index (χ1n) is 7.13. The first-order chi connectivity index (χ1) is 11.6. The Bertz CT molecular complexity index is 836. The number of phenolic OH excluding ortho intramolecular Hbond substituents is 1. The number of rotatable bonds is 3. The second-order valence-corrected chi connectivity index (χ2v) is 5.47. The van der Waals surface area contributed by atoms with Crippen LogP contribution in [0.15, 0.2) is 59.6 Å². The number of hydrogen-bond donors (Lipinski definition) is 2. The lowest BCUT2D eigenvalue weighted by molar-refractivity contribution is -0.130. The van der Waals surface area contributed by atoms with E-state index in [4.69, 9.17) is 12.2 Å². The Balaban J connectivity index is 1.88. The summed E-state index contributed by atoms with van der Waals surface area (Å²) in [6.45, 7) is 0. The summed E-state index contributed by atoms with van der Waals surface area (Å²) in [7, 11) is 0. The molecule has 6 nitrogen and oxygen atoms in total. The highest BCUT2D eigenvalue weighted by Crippen LogP contribution is 2.22. The normalized spacial score (nSPS) is 18.1. The molecular formula is C17H13N3O3S. The van der Waals surface area contributed by atoms with Crippen molar-refractivity contribution < 1.29 is 14.7 Å². The molecule has 1 aliphatic heterocycles. The van der Waals surface area contributed by atoms with Crippen molar-refractivity contribution in [2.24, 2.45) is 10.9 Å². The minimum atomic E-state index is -1.10. The molecule has 2 aromatic carbocycles. The SMILES string of the molecule is O=C1NC(=S)N(c2ccccc2)C(=O)[C@H]1C=Nc1cccc(O)c1.